The van der Waals surface area contributed by atoms with Gasteiger partial charge in [-0.15, -0.1) is 0 Å². The van der Waals surface area contributed by atoms with Crippen LogP contribution in [0.1, 0.15) is 81.3 Å². The molecule has 0 aliphatic carbocycles. The maximum absolute atomic E-state index is 12.9. The highest BCUT2D eigenvalue weighted by atomic mass is 32.2. The van der Waals surface area contributed by atoms with Crippen molar-refractivity contribution in [2.75, 3.05) is 19.3 Å². The lowest BCUT2D eigenvalue weighted by Crippen LogP contribution is -2.34. The van der Waals surface area contributed by atoms with E-state index in [0.717, 1.165) is 43.9 Å². The molecule has 33 heavy (non-hydrogen) atoms. The highest BCUT2D eigenvalue weighted by Crippen LogP contribution is 2.35. The Morgan fingerprint density at radius 2 is 1.79 bits per heavy atom. The third kappa shape index (κ3) is 10.9. The van der Waals surface area contributed by atoms with Crippen molar-refractivity contribution < 1.29 is 23.4 Å². The monoisotopic (exact) mass is 480 g/mol. The summed E-state index contributed by atoms with van der Waals surface area (Å²) in [5, 5.41) is 24.2. The van der Waals surface area contributed by atoms with Gasteiger partial charge in [0.05, 0.1) is 11.8 Å². The molecule has 0 saturated carbocycles. The Labute approximate surface area is 199 Å². The largest absolute Gasteiger partial charge is 0.508 e. The molecule has 0 atom stereocenters. The number of aromatic hydroxyl groups is 2. The zero-order chi connectivity index (χ0) is 25.0. The number of benzene rings is 1. The standard InChI is InChI=1S/C25H40N2O5S/c1-6-7-8-12-20-17-22(28)21(14-13-19(4)11-9-10-18(2)3)24(29)23(20)25(30)26-15-16-27-33(5,31)32/h10,13,17,27-29H,6-9,11-12,14-16H2,1-5H3,(H,26,30)/b19-13+. The van der Waals surface area contributed by atoms with Gasteiger partial charge in [0.15, 0.2) is 0 Å². The molecule has 8 heteroatoms. The Morgan fingerprint density at radius 1 is 1.09 bits per heavy atom. The van der Waals surface area contributed by atoms with Crippen LogP contribution in [0.2, 0.25) is 0 Å². The number of phenolic OH excluding ortho intramolecular Hbond substituents is 2. The fraction of sp³-hybridized carbons (Fsp3) is 0.560. The summed E-state index contributed by atoms with van der Waals surface area (Å²) in [4.78, 5) is 12.9. The van der Waals surface area contributed by atoms with Gasteiger partial charge >= 0.3 is 0 Å². The number of carbonyl (C=O) groups excluding carboxylic acids is 1. The minimum atomic E-state index is -3.35. The third-order valence-electron chi connectivity index (χ3n) is 5.26. The molecule has 1 aromatic carbocycles. The summed E-state index contributed by atoms with van der Waals surface area (Å²) >= 11 is 0. The molecule has 0 aliphatic rings. The maximum atomic E-state index is 12.9. The first-order chi connectivity index (χ1) is 15.5. The topological polar surface area (TPSA) is 116 Å². The van der Waals surface area contributed by atoms with Gasteiger partial charge in [0.1, 0.15) is 11.5 Å². The van der Waals surface area contributed by atoms with Gasteiger partial charge in [-0.3, -0.25) is 4.79 Å². The zero-order valence-electron chi connectivity index (χ0n) is 20.6. The molecule has 0 aliphatic heterocycles. The highest BCUT2D eigenvalue weighted by Gasteiger charge is 2.22. The molecule has 1 amide bonds. The van der Waals surface area contributed by atoms with E-state index in [1.807, 2.05) is 13.0 Å². The van der Waals surface area contributed by atoms with Crippen molar-refractivity contribution in [1.29, 1.82) is 0 Å². The molecule has 0 unspecified atom stereocenters. The predicted octanol–water partition coefficient (Wildman–Crippen LogP) is 4.34. The van der Waals surface area contributed by atoms with E-state index >= 15 is 0 Å². The second-order valence-corrected chi connectivity index (χ2v) is 10.5. The van der Waals surface area contributed by atoms with E-state index in [0.29, 0.717) is 24.0 Å². The minimum absolute atomic E-state index is 0.0253. The molecule has 0 heterocycles. The van der Waals surface area contributed by atoms with Crippen LogP contribution in [0.5, 0.6) is 11.5 Å². The summed E-state index contributed by atoms with van der Waals surface area (Å²) in [7, 11) is -3.35. The van der Waals surface area contributed by atoms with Crippen molar-refractivity contribution in [3.8, 4) is 11.5 Å². The number of hydrogen-bond donors (Lipinski definition) is 4. The van der Waals surface area contributed by atoms with Crippen LogP contribution in [0.25, 0.3) is 0 Å². The van der Waals surface area contributed by atoms with Crippen LogP contribution >= 0.6 is 0 Å². The van der Waals surface area contributed by atoms with Crippen LogP contribution in [0.4, 0.5) is 0 Å². The number of hydrogen-bond acceptors (Lipinski definition) is 5. The van der Waals surface area contributed by atoms with E-state index in [9.17, 15) is 23.4 Å². The number of sulfonamides is 1. The van der Waals surface area contributed by atoms with Crippen molar-refractivity contribution >= 4 is 15.9 Å². The van der Waals surface area contributed by atoms with Gasteiger partial charge in [0.25, 0.3) is 5.91 Å². The van der Waals surface area contributed by atoms with Crippen molar-refractivity contribution in [3.05, 3.63) is 46.1 Å². The number of amides is 1. The van der Waals surface area contributed by atoms with E-state index in [1.54, 1.807) is 6.07 Å². The number of aryl methyl sites for hydroxylation is 1. The van der Waals surface area contributed by atoms with E-state index < -0.39 is 15.9 Å². The molecule has 0 radical (unpaired) electrons. The summed E-state index contributed by atoms with van der Waals surface area (Å²) in [5.74, 6) is -0.731. The molecule has 0 spiro atoms. The van der Waals surface area contributed by atoms with E-state index in [2.05, 4.69) is 36.9 Å². The van der Waals surface area contributed by atoms with Gasteiger partial charge in [-0.25, -0.2) is 13.1 Å². The summed E-state index contributed by atoms with van der Waals surface area (Å²) in [6.45, 7) is 8.33. The first kappa shape index (κ1) is 28.7. The van der Waals surface area contributed by atoms with Crippen molar-refractivity contribution in [1.82, 2.24) is 10.0 Å². The van der Waals surface area contributed by atoms with Gasteiger partial charge in [-0.2, -0.15) is 0 Å². The second kappa shape index (κ2) is 14.1. The number of phenols is 2. The molecule has 0 fully saturated rings. The maximum Gasteiger partial charge on any atom is 0.255 e. The SMILES string of the molecule is CCCCCc1cc(O)c(C/C=C(\C)CCC=C(C)C)c(O)c1C(=O)NCCNS(C)(=O)=O. The molecule has 0 saturated heterocycles. The smallest absolute Gasteiger partial charge is 0.255 e. The molecule has 0 aromatic heterocycles. The van der Waals surface area contributed by atoms with Gasteiger partial charge in [-0.05, 0) is 64.5 Å². The Kier molecular flexibility index (Phi) is 12.2. The van der Waals surface area contributed by atoms with Gasteiger partial charge in [0, 0.05) is 18.7 Å². The number of unbranched alkanes of at least 4 members (excludes halogenated alkanes) is 2. The van der Waals surface area contributed by atoms with Gasteiger partial charge in [-0.1, -0.05) is 43.1 Å². The fourth-order valence-electron chi connectivity index (χ4n) is 3.43. The summed E-state index contributed by atoms with van der Waals surface area (Å²) in [6.07, 6.45) is 10.6. The molecule has 4 N–H and O–H groups in total. The normalized spacial score (nSPS) is 12.0. The molecule has 186 valence electrons. The number of nitrogens with one attached hydrogen (secondary N) is 2. The van der Waals surface area contributed by atoms with E-state index in [-0.39, 0.29) is 30.2 Å². The number of allylic oxidation sites excluding steroid dienone is 4. The molecule has 1 aromatic rings. The Morgan fingerprint density at radius 3 is 2.39 bits per heavy atom. The lowest BCUT2D eigenvalue weighted by molar-refractivity contribution is 0.0950. The van der Waals surface area contributed by atoms with Gasteiger partial charge in [0.2, 0.25) is 10.0 Å². The number of rotatable bonds is 14. The van der Waals surface area contributed by atoms with Crippen LogP contribution in [-0.2, 0) is 22.9 Å². The minimum Gasteiger partial charge on any atom is -0.508 e. The van der Waals surface area contributed by atoms with E-state index in [4.69, 9.17) is 0 Å². The Hall–Kier alpha value is -2.32. The molecule has 1 rings (SSSR count). The average molecular weight is 481 g/mol. The molecule has 0 bridgehead atoms. The van der Waals surface area contributed by atoms with Crippen LogP contribution in [0.3, 0.4) is 0 Å². The second-order valence-electron chi connectivity index (χ2n) is 8.71. The van der Waals surface area contributed by atoms with Gasteiger partial charge < -0.3 is 15.5 Å². The number of carbonyl (C=O) groups is 1. The molecular formula is C25H40N2O5S. The third-order valence-corrected chi connectivity index (χ3v) is 5.99. The highest BCUT2D eigenvalue weighted by molar-refractivity contribution is 7.88. The lowest BCUT2D eigenvalue weighted by Gasteiger charge is -2.16. The van der Waals surface area contributed by atoms with Crippen molar-refractivity contribution in [2.24, 2.45) is 0 Å². The summed E-state index contributed by atoms with van der Waals surface area (Å²) in [6, 6.07) is 1.57. The quantitative estimate of drug-likeness (QED) is 0.233. The zero-order valence-corrected chi connectivity index (χ0v) is 21.4. The van der Waals surface area contributed by atoms with Crippen LogP contribution < -0.4 is 10.0 Å². The molecular weight excluding hydrogens is 440 g/mol. The van der Waals surface area contributed by atoms with Crippen LogP contribution in [0.15, 0.2) is 29.4 Å². The fourth-order valence-corrected chi connectivity index (χ4v) is 3.91. The summed E-state index contributed by atoms with van der Waals surface area (Å²) in [5.41, 5.74) is 3.44. The first-order valence-corrected chi connectivity index (χ1v) is 13.4. The Bertz CT molecular complexity index is 961. The van der Waals surface area contributed by atoms with Crippen molar-refractivity contribution in [2.45, 2.75) is 72.6 Å². The van der Waals surface area contributed by atoms with Crippen molar-refractivity contribution in [3.63, 3.8) is 0 Å². The average Bonchev–Trinajstić information content (AvgIpc) is 2.70. The van der Waals surface area contributed by atoms with Crippen LogP contribution in [-0.4, -0.2) is 43.9 Å². The van der Waals surface area contributed by atoms with E-state index in [1.165, 1.54) is 5.57 Å². The van der Waals surface area contributed by atoms with Crippen LogP contribution in [0, 0.1) is 0 Å². The molecule has 7 nitrogen and oxygen atoms in total. The summed E-state index contributed by atoms with van der Waals surface area (Å²) < 4.78 is 24.7. The first-order valence-electron chi connectivity index (χ1n) is 11.5. The Balaban J connectivity index is 3.11. The lowest BCUT2D eigenvalue weighted by atomic mass is 9.94. The predicted molar refractivity (Wildman–Crippen MR) is 134 cm³/mol.